The SMILES string of the molecule is N/N=C(\NN)c1cccc(CCC2CCNCC2)c1S(N)=O. The van der Waals surface area contributed by atoms with E-state index in [4.69, 9.17) is 16.8 Å². The van der Waals surface area contributed by atoms with Crippen LogP contribution in [0.25, 0.3) is 0 Å². The van der Waals surface area contributed by atoms with Gasteiger partial charge in [0.05, 0.1) is 4.90 Å². The van der Waals surface area contributed by atoms with Crippen LogP contribution < -0.4 is 27.6 Å². The van der Waals surface area contributed by atoms with E-state index in [1.54, 1.807) is 6.07 Å². The molecule has 1 aromatic rings. The van der Waals surface area contributed by atoms with Crippen LogP contribution in [-0.4, -0.2) is 23.1 Å². The van der Waals surface area contributed by atoms with E-state index in [1.165, 1.54) is 12.8 Å². The Bertz CT molecular complexity index is 556. The molecule has 0 saturated carbocycles. The smallest absolute Gasteiger partial charge is 0.168 e. The molecule has 0 spiro atoms. The van der Waals surface area contributed by atoms with Gasteiger partial charge in [0.15, 0.2) is 5.84 Å². The Morgan fingerprint density at radius 2 is 2.14 bits per heavy atom. The number of hydrogen-bond acceptors (Lipinski definition) is 5. The number of amidine groups is 1. The van der Waals surface area contributed by atoms with E-state index >= 15 is 0 Å². The van der Waals surface area contributed by atoms with Gasteiger partial charge >= 0.3 is 0 Å². The summed E-state index contributed by atoms with van der Waals surface area (Å²) in [5.74, 6) is 11.7. The van der Waals surface area contributed by atoms with Crippen LogP contribution in [0.4, 0.5) is 0 Å². The lowest BCUT2D eigenvalue weighted by Gasteiger charge is -2.23. The van der Waals surface area contributed by atoms with E-state index in [2.05, 4.69) is 15.8 Å². The monoisotopic (exact) mass is 324 g/mol. The number of hydrazone groups is 1. The molecule has 1 atom stereocenters. The number of aryl methyl sites for hydroxylation is 1. The molecule has 122 valence electrons. The molecular formula is C14H24N6OS. The molecule has 1 heterocycles. The Balaban J connectivity index is 2.22. The highest BCUT2D eigenvalue weighted by atomic mass is 32.2. The molecule has 1 aliphatic heterocycles. The van der Waals surface area contributed by atoms with Crippen molar-refractivity contribution in [1.29, 1.82) is 0 Å². The first-order valence-electron chi connectivity index (χ1n) is 7.41. The van der Waals surface area contributed by atoms with E-state index < -0.39 is 11.0 Å². The molecule has 1 saturated heterocycles. The first kappa shape index (κ1) is 16.9. The minimum Gasteiger partial charge on any atom is -0.321 e. The zero-order chi connectivity index (χ0) is 15.9. The van der Waals surface area contributed by atoms with Crippen molar-refractivity contribution in [3.8, 4) is 0 Å². The number of benzene rings is 1. The van der Waals surface area contributed by atoms with Gasteiger partial charge < -0.3 is 16.6 Å². The van der Waals surface area contributed by atoms with Crippen molar-refractivity contribution in [3.63, 3.8) is 0 Å². The van der Waals surface area contributed by atoms with E-state index in [1.807, 2.05) is 12.1 Å². The number of nitrogens with one attached hydrogen (secondary N) is 2. The standard InChI is InChI=1S/C14H24N6OS/c15-19-14(20-16)12-3-1-2-11(13(12)22(17)21)5-4-10-6-8-18-9-7-10/h1-3,10,18H,4-9,15-17H2,(H,19,20). The molecule has 8 heteroatoms. The van der Waals surface area contributed by atoms with E-state index in [0.717, 1.165) is 31.5 Å². The number of nitrogens with zero attached hydrogens (tertiary/aromatic N) is 1. The number of hydrogen-bond donors (Lipinski definition) is 5. The summed E-state index contributed by atoms with van der Waals surface area (Å²) in [6, 6.07) is 5.60. The van der Waals surface area contributed by atoms with Gasteiger partial charge in [-0.2, -0.15) is 5.10 Å². The molecular weight excluding hydrogens is 300 g/mol. The van der Waals surface area contributed by atoms with Crippen molar-refractivity contribution in [3.05, 3.63) is 29.3 Å². The lowest BCUT2D eigenvalue weighted by atomic mass is 9.91. The number of piperidine rings is 1. The molecule has 8 N–H and O–H groups in total. The summed E-state index contributed by atoms with van der Waals surface area (Å²) in [6.45, 7) is 2.14. The number of nitrogens with two attached hydrogens (primary N) is 3. The second kappa shape index (κ2) is 8.23. The van der Waals surface area contributed by atoms with Crippen LogP contribution in [-0.2, 0) is 17.4 Å². The topological polar surface area (TPSA) is 132 Å². The second-order valence-corrected chi connectivity index (χ2v) is 6.45. The average molecular weight is 324 g/mol. The molecule has 0 radical (unpaired) electrons. The van der Waals surface area contributed by atoms with E-state index in [0.29, 0.717) is 16.4 Å². The lowest BCUT2D eigenvalue weighted by Crippen LogP contribution is -2.33. The van der Waals surface area contributed by atoms with Gasteiger partial charge in [-0.1, -0.05) is 12.1 Å². The number of rotatable bonds is 5. The summed E-state index contributed by atoms with van der Waals surface area (Å²) >= 11 is 0. The van der Waals surface area contributed by atoms with Crippen LogP contribution in [0.15, 0.2) is 28.2 Å². The molecule has 1 aromatic carbocycles. The minimum atomic E-state index is -1.63. The summed E-state index contributed by atoms with van der Waals surface area (Å²) in [5, 5.41) is 12.6. The van der Waals surface area contributed by atoms with Crippen molar-refractivity contribution >= 4 is 16.8 Å². The predicted molar refractivity (Wildman–Crippen MR) is 89.0 cm³/mol. The maximum absolute atomic E-state index is 12.0. The van der Waals surface area contributed by atoms with Gasteiger partial charge in [0.2, 0.25) is 0 Å². The summed E-state index contributed by atoms with van der Waals surface area (Å²) in [7, 11) is -1.63. The van der Waals surface area contributed by atoms with Crippen molar-refractivity contribution in [1.82, 2.24) is 10.7 Å². The molecule has 0 bridgehead atoms. The van der Waals surface area contributed by atoms with Gasteiger partial charge in [0, 0.05) is 5.56 Å². The molecule has 1 unspecified atom stereocenters. The van der Waals surface area contributed by atoms with Gasteiger partial charge in [-0.3, -0.25) is 0 Å². The fraction of sp³-hybridized carbons (Fsp3) is 0.500. The van der Waals surface area contributed by atoms with Crippen molar-refractivity contribution in [2.45, 2.75) is 30.6 Å². The third-order valence-corrected chi connectivity index (χ3v) is 4.98. The Morgan fingerprint density at radius 3 is 2.73 bits per heavy atom. The fourth-order valence-electron chi connectivity index (χ4n) is 2.92. The highest BCUT2D eigenvalue weighted by Crippen LogP contribution is 2.23. The summed E-state index contributed by atoms with van der Waals surface area (Å²) in [6.07, 6.45) is 4.25. The van der Waals surface area contributed by atoms with Crippen molar-refractivity contribution in [2.24, 2.45) is 27.8 Å². The Hall–Kier alpha value is -1.48. The highest BCUT2D eigenvalue weighted by molar-refractivity contribution is 7.82. The largest absolute Gasteiger partial charge is 0.321 e. The van der Waals surface area contributed by atoms with Gasteiger partial charge in [0.1, 0.15) is 11.0 Å². The van der Waals surface area contributed by atoms with Crippen molar-refractivity contribution in [2.75, 3.05) is 13.1 Å². The highest BCUT2D eigenvalue weighted by Gasteiger charge is 2.18. The molecule has 0 aliphatic carbocycles. The van der Waals surface area contributed by atoms with E-state index in [-0.39, 0.29) is 5.84 Å². The van der Waals surface area contributed by atoms with Crippen molar-refractivity contribution < 1.29 is 4.21 Å². The van der Waals surface area contributed by atoms with Crippen LogP contribution >= 0.6 is 0 Å². The van der Waals surface area contributed by atoms with Crippen LogP contribution in [0.5, 0.6) is 0 Å². The molecule has 0 aromatic heterocycles. The average Bonchev–Trinajstić information content (AvgIpc) is 2.55. The molecule has 22 heavy (non-hydrogen) atoms. The van der Waals surface area contributed by atoms with Crippen LogP contribution in [0, 0.1) is 5.92 Å². The van der Waals surface area contributed by atoms with Gasteiger partial charge in [-0.25, -0.2) is 15.2 Å². The Labute approximate surface area is 133 Å². The third kappa shape index (κ3) is 4.04. The molecule has 1 fully saturated rings. The van der Waals surface area contributed by atoms with Crippen LogP contribution in [0.2, 0.25) is 0 Å². The molecule has 1 aliphatic rings. The normalized spacial score (nSPS) is 18.2. The number of hydrazine groups is 1. The van der Waals surface area contributed by atoms with Gasteiger partial charge in [-0.15, -0.1) is 0 Å². The minimum absolute atomic E-state index is 0.275. The van der Waals surface area contributed by atoms with Gasteiger partial charge in [0.25, 0.3) is 0 Å². The Kier molecular flexibility index (Phi) is 6.32. The first-order valence-corrected chi connectivity index (χ1v) is 8.62. The van der Waals surface area contributed by atoms with Gasteiger partial charge in [-0.05, 0) is 56.3 Å². The van der Waals surface area contributed by atoms with Crippen LogP contribution in [0.3, 0.4) is 0 Å². The summed E-state index contributed by atoms with van der Waals surface area (Å²) < 4.78 is 12.0. The molecule has 2 rings (SSSR count). The lowest BCUT2D eigenvalue weighted by molar-refractivity contribution is 0.354. The maximum atomic E-state index is 12.0. The molecule has 7 nitrogen and oxygen atoms in total. The summed E-state index contributed by atoms with van der Waals surface area (Å²) in [4.78, 5) is 0.554. The maximum Gasteiger partial charge on any atom is 0.168 e. The summed E-state index contributed by atoms with van der Waals surface area (Å²) in [5.41, 5.74) is 3.98. The molecule has 0 amide bonds. The Morgan fingerprint density at radius 1 is 1.41 bits per heavy atom. The quantitative estimate of drug-likeness (QED) is 0.219. The second-order valence-electron chi connectivity index (χ2n) is 5.45. The van der Waals surface area contributed by atoms with E-state index in [9.17, 15) is 4.21 Å². The van der Waals surface area contributed by atoms with Crippen LogP contribution in [0.1, 0.15) is 30.4 Å². The third-order valence-electron chi connectivity index (χ3n) is 4.10. The fourth-order valence-corrected chi connectivity index (χ4v) is 3.73. The predicted octanol–water partition coefficient (Wildman–Crippen LogP) is -0.316. The first-order chi connectivity index (χ1) is 10.7. The zero-order valence-electron chi connectivity index (χ0n) is 12.5. The zero-order valence-corrected chi connectivity index (χ0v) is 13.4.